The van der Waals surface area contributed by atoms with Gasteiger partial charge in [-0.2, -0.15) is 0 Å². The van der Waals surface area contributed by atoms with Gasteiger partial charge in [-0.3, -0.25) is 0 Å². The topological polar surface area (TPSA) is 25.8 Å². The first-order valence-electron chi connectivity index (χ1n) is 5.40. The molecule has 0 saturated heterocycles. The van der Waals surface area contributed by atoms with E-state index in [1.165, 1.54) is 32.0 Å². The molecule has 2 nitrogen and oxygen atoms in total. The van der Waals surface area contributed by atoms with E-state index in [2.05, 4.69) is 16.9 Å². The first-order valence-corrected chi connectivity index (χ1v) is 6.16. The van der Waals surface area contributed by atoms with Gasteiger partial charge in [0.2, 0.25) is 0 Å². The Balaban J connectivity index is 2.37. The lowest BCUT2D eigenvalue weighted by Crippen LogP contribution is -1.93. The van der Waals surface area contributed by atoms with Crippen LogP contribution in [-0.4, -0.2) is 9.97 Å². The van der Waals surface area contributed by atoms with Gasteiger partial charge < -0.3 is 0 Å². The summed E-state index contributed by atoms with van der Waals surface area (Å²) in [6, 6.07) is 0. The van der Waals surface area contributed by atoms with Crippen LogP contribution in [0.4, 0.5) is 0 Å². The minimum atomic E-state index is 0.491. The Bertz CT molecular complexity index is 282. The molecule has 0 spiro atoms. The third-order valence-electron chi connectivity index (χ3n) is 2.37. The predicted octanol–water partition coefficient (Wildman–Crippen LogP) is 4.30. The maximum Gasteiger partial charge on any atom is 0.137 e. The Kier molecular flexibility index (Phi) is 5.96. The standard InChI is InChI=1S/C11H16Cl2N2/c1-2-3-4-5-6-7-9-10(12)14-8-15-11(9)13/h8H,2-7H2,1H3. The molecule has 0 fully saturated rings. The van der Waals surface area contributed by atoms with Gasteiger partial charge in [-0.1, -0.05) is 55.8 Å². The van der Waals surface area contributed by atoms with Crippen LogP contribution >= 0.6 is 23.2 Å². The molecule has 0 aliphatic rings. The lowest BCUT2D eigenvalue weighted by atomic mass is 10.1. The number of halogens is 2. The van der Waals surface area contributed by atoms with Gasteiger partial charge in [-0.15, -0.1) is 0 Å². The summed E-state index contributed by atoms with van der Waals surface area (Å²) in [4.78, 5) is 7.85. The molecule has 0 aliphatic carbocycles. The highest BCUT2D eigenvalue weighted by Gasteiger charge is 2.06. The third kappa shape index (κ3) is 4.35. The molecule has 0 atom stereocenters. The normalized spacial score (nSPS) is 10.6. The molecule has 0 bridgehead atoms. The molecule has 1 aromatic rings. The molecule has 0 saturated carbocycles. The summed E-state index contributed by atoms with van der Waals surface area (Å²) in [5, 5.41) is 0.982. The van der Waals surface area contributed by atoms with Crippen LogP contribution in [-0.2, 0) is 6.42 Å². The van der Waals surface area contributed by atoms with E-state index in [1.807, 2.05) is 0 Å². The summed E-state index contributed by atoms with van der Waals surface area (Å²) in [6.07, 6.45) is 8.43. The number of aromatic nitrogens is 2. The number of nitrogens with zero attached hydrogens (tertiary/aromatic N) is 2. The van der Waals surface area contributed by atoms with Gasteiger partial charge >= 0.3 is 0 Å². The zero-order valence-corrected chi connectivity index (χ0v) is 10.5. The molecular formula is C11H16Cl2N2. The Labute approximate surface area is 101 Å². The summed E-state index contributed by atoms with van der Waals surface area (Å²) in [5.74, 6) is 0. The van der Waals surface area contributed by atoms with Crippen LogP contribution in [0.5, 0.6) is 0 Å². The minimum absolute atomic E-state index is 0.491. The second-order valence-electron chi connectivity index (χ2n) is 3.60. The van der Waals surface area contributed by atoms with Crippen molar-refractivity contribution in [2.75, 3.05) is 0 Å². The molecule has 4 heteroatoms. The predicted molar refractivity (Wildman–Crippen MR) is 64.5 cm³/mol. The molecule has 15 heavy (non-hydrogen) atoms. The largest absolute Gasteiger partial charge is 0.224 e. The summed E-state index contributed by atoms with van der Waals surface area (Å²) in [6.45, 7) is 2.21. The fourth-order valence-electron chi connectivity index (χ4n) is 1.48. The molecule has 0 radical (unpaired) electrons. The monoisotopic (exact) mass is 246 g/mol. The molecule has 84 valence electrons. The lowest BCUT2D eigenvalue weighted by Gasteiger charge is -2.04. The smallest absolute Gasteiger partial charge is 0.137 e. The maximum absolute atomic E-state index is 5.93. The summed E-state index contributed by atoms with van der Waals surface area (Å²) < 4.78 is 0. The first-order chi connectivity index (χ1) is 7.25. The summed E-state index contributed by atoms with van der Waals surface area (Å²) >= 11 is 11.9. The fraction of sp³-hybridized carbons (Fsp3) is 0.636. The number of unbranched alkanes of at least 4 members (excludes halogenated alkanes) is 4. The van der Waals surface area contributed by atoms with Crippen LogP contribution < -0.4 is 0 Å². The van der Waals surface area contributed by atoms with Gasteiger partial charge in [-0.25, -0.2) is 9.97 Å². The summed E-state index contributed by atoms with van der Waals surface area (Å²) in [5.41, 5.74) is 0.886. The number of hydrogen-bond acceptors (Lipinski definition) is 2. The summed E-state index contributed by atoms with van der Waals surface area (Å²) in [7, 11) is 0. The van der Waals surface area contributed by atoms with E-state index in [9.17, 15) is 0 Å². The average Bonchev–Trinajstić information content (AvgIpc) is 2.21. The van der Waals surface area contributed by atoms with Crippen molar-refractivity contribution in [3.05, 3.63) is 22.2 Å². The number of hydrogen-bond donors (Lipinski definition) is 0. The van der Waals surface area contributed by atoms with Crippen molar-refractivity contribution in [2.24, 2.45) is 0 Å². The van der Waals surface area contributed by atoms with Crippen LogP contribution in [0.3, 0.4) is 0 Å². The highest BCUT2D eigenvalue weighted by molar-refractivity contribution is 6.34. The molecule has 1 aromatic heterocycles. The Morgan fingerprint density at radius 2 is 1.60 bits per heavy atom. The van der Waals surface area contributed by atoms with Crippen LogP contribution in [0.1, 0.15) is 44.6 Å². The second kappa shape index (κ2) is 7.02. The molecule has 0 amide bonds. The molecular weight excluding hydrogens is 231 g/mol. The van der Waals surface area contributed by atoms with Gasteiger partial charge in [0.1, 0.15) is 16.6 Å². The van der Waals surface area contributed by atoms with Crippen molar-refractivity contribution < 1.29 is 0 Å². The molecule has 0 unspecified atom stereocenters. The highest BCUT2D eigenvalue weighted by atomic mass is 35.5. The van der Waals surface area contributed by atoms with E-state index >= 15 is 0 Å². The van der Waals surface area contributed by atoms with Crippen molar-refractivity contribution in [3.8, 4) is 0 Å². The molecule has 0 aliphatic heterocycles. The molecule has 0 aromatic carbocycles. The second-order valence-corrected chi connectivity index (χ2v) is 4.31. The fourth-order valence-corrected chi connectivity index (χ4v) is 1.99. The van der Waals surface area contributed by atoms with E-state index in [0.717, 1.165) is 18.4 Å². The average molecular weight is 247 g/mol. The van der Waals surface area contributed by atoms with E-state index < -0.39 is 0 Å². The van der Waals surface area contributed by atoms with Gasteiger partial charge in [0, 0.05) is 5.56 Å². The van der Waals surface area contributed by atoms with E-state index in [4.69, 9.17) is 23.2 Å². The highest BCUT2D eigenvalue weighted by Crippen LogP contribution is 2.22. The van der Waals surface area contributed by atoms with Gasteiger partial charge in [0.25, 0.3) is 0 Å². The zero-order chi connectivity index (χ0) is 11.1. The lowest BCUT2D eigenvalue weighted by molar-refractivity contribution is 0.631. The maximum atomic E-state index is 5.93. The molecule has 1 rings (SSSR count). The SMILES string of the molecule is CCCCCCCc1c(Cl)ncnc1Cl. The van der Waals surface area contributed by atoms with Crippen molar-refractivity contribution in [3.63, 3.8) is 0 Å². The zero-order valence-electron chi connectivity index (χ0n) is 8.97. The van der Waals surface area contributed by atoms with Crippen molar-refractivity contribution in [1.29, 1.82) is 0 Å². The Morgan fingerprint density at radius 1 is 1.00 bits per heavy atom. The third-order valence-corrected chi connectivity index (χ3v) is 3.02. The Hall–Kier alpha value is -0.340. The van der Waals surface area contributed by atoms with Gasteiger partial charge in [-0.05, 0) is 12.8 Å². The van der Waals surface area contributed by atoms with E-state index in [1.54, 1.807) is 0 Å². The van der Waals surface area contributed by atoms with E-state index in [-0.39, 0.29) is 0 Å². The Morgan fingerprint density at radius 3 is 2.20 bits per heavy atom. The van der Waals surface area contributed by atoms with Crippen LogP contribution in [0.2, 0.25) is 10.3 Å². The molecule has 0 N–H and O–H groups in total. The van der Waals surface area contributed by atoms with Crippen molar-refractivity contribution >= 4 is 23.2 Å². The number of rotatable bonds is 6. The molecule has 1 heterocycles. The first kappa shape index (κ1) is 12.7. The quantitative estimate of drug-likeness (QED) is 0.553. The van der Waals surface area contributed by atoms with Crippen LogP contribution in [0, 0.1) is 0 Å². The van der Waals surface area contributed by atoms with Crippen LogP contribution in [0.15, 0.2) is 6.33 Å². The minimum Gasteiger partial charge on any atom is -0.224 e. The van der Waals surface area contributed by atoms with Crippen molar-refractivity contribution in [1.82, 2.24) is 9.97 Å². The van der Waals surface area contributed by atoms with Crippen molar-refractivity contribution in [2.45, 2.75) is 45.4 Å². The van der Waals surface area contributed by atoms with Gasteiger partial charge in [0.15, 0.2) is 0 Å². The van der Waals surface area contributed by atoms with Gasteiger partial charge in [0.05, 0.1) is 0 Å². The van der Waals surface area contributed by atoms with E-state index in [0.29, 0.717) is 10.3 Å². The van der Waals surface area contributed by atoms with Crippen LogP contribution in [0.25, 0.3) is 0 Å².